The molecule has 0 radical (unpaired) electrons. The Morgan fingerprint density at radius 1 is 1.63 bits per heavy atom. The molecule has 1 spiro atoms. The maximum Gasteiger partial charge on any atom is 0.227 e. The fourth-order valence-electron chi connectivity index (χ4n) is 2.95. The summed E-state index contributed by atoms with van der Waals surface area (Å²) in [7, 11) is 0. The number of ether oxygens (including phenoxy) is 1. The molecule has 19 heavy (non-hydrogen) atoms. The Bertz CT molecular complexity index is 457. The number of carbonyl (C=O) groups excluding carboxylic acids is 1. The molecule has 2 fully saturated rings. The molecule has 0 saturated carbocycles. The summed E-state index contributed by atoms with van der Waals surface area (Å²) in [5, 5.41) is 10.1. The Balaban J connectivity index is 1.66. The SMILES string of the molecule is O=C(Cc1cccnc1)N1C[C@H](O)[C@]2(CCCO2)C1. The van der Waals surface area contributed by atoms with E-state index in [1.807, 2.05) is 12.1 Å². The first-order chi connectivity index (χ1) is 9.20. The van der Waals surface area contributed by atoms with Gasteiger partial charge in [-0.2, -0.15) is 0 Å². The van der Waals surface area contributed by atoms with Crippen molar-refractivity contribution < 1.29 is 14.6 Å². The van der Waals surface area contributed by atoms with Gasteiger partial charge in [0.25, 0.3) is 0 Å². The number of hydrogen-bond acceptors (Lipinski definition) is 4. The van der Waals surface area contributed by atoms with Crippen LogP contribution in [0.15, 0.2) is 24.5 Å². The van der Waals surface area contributed by atoms with Crippen molar-refractivity contribution >= 4 is 5.91 Å². The van der Waals surface area contributed by atoms with Crippen LogP contribution in [0, 0.1) is 0 Å². The number of amides is 1. The lowest BCUT2D eigenvalue weighted by atomic mass is 9.97. The summed E-state index contributed by atoms with van der Waals surface area (Å²) >= 11 is 0. The number of β-amino-alcohol motifs (C(OH)–C–C–N with tert-alkyl or cyclic N) is 1. The van der Waals surface area contributed by atoms with Crippen molar-refractivity contribution in [1.82, 2.24) is 9.88 Å². The molecule has 2 aliphatic rings. The summed E-state index contributed by atoms with van der Waals surface area (Å²) in [5.74, 6) is 0.0272. The normalized spacial score (nSPS) is 30.2. The topological polar surface area (TPSA) is 62.7 Å². The molecule has 0 aromatic carbocycles. The van der Waals surface area contributed by atoms with Crippen molar-refractivity contribution in [2.75, 3.05) is 19.7 Å². The van der Waals surface area contributed by atoms with Crippen molar-refractivity contribution in [1.29, 1.82) is 0 Å². The second-order valence-corrected chi connectivity index (χ2v) is 5.34. The third kappa shape index (κ3) is 2.35. The molecule has 3 heterocycles. The first-order valence-electron chi connectivity index (χ1n) is 6.68. The standard InChI is InChI=1S/C14H18N2O3/c17-12-9-16(10-14(12)4-2-6-19-14)13(18)7-11-3-1-5-15-8-11/h1,3,5,8,12,17H,2,4,6-7,9-10H2/t12-,14-/m0/s1. The number of aliphatic hydroxyl groups is 1. The van der Waals surface area contributed by atoms with Crippen LogP contribution in [0.25, 0.3) is 0 Å². The molecular weight excluding hydrogens is 244 g/mol. The number of carbonyl (C=O) groups is 1. The number of aliphatic hydroxyl groups excluding tert-OH is 1. The van der Waals surface area contributed by atoms with Gasteiger partial charge in [0, 0.05) is 25.5 Å². The van der Waals surface area contributed by atoms with E-state index >= 15 is 0 Å². The van der Waals surface area contributed by atoms with E-state index in [1.54, 1.807) is 17.3 Å². The van der Waals surface area contributed by atoms with Gasteiger partial charge in [-0.05, 0) is 24.5 Å². The van der Waals surface area contributed by atoms with Gasteiger partial charge in [0.15, 0.2) is 0 Å². The van der Waals surface area contributed by atoms with Gasteiger partial charge in [-0.15, -0.1) is 0 Å². The molecule has 0 aliphatic carbocycles. The van der Waals surface area contributed by atoms with Crippen LogP contribution in [0.2, 0.25) is 0 Å². The molecule has 1 aromatic heterocycles. The van der Waals surface area contributed by atoms with Gasteiger partial charge in [0.05, 0.1) is 13.0 Å². The molecule has 102 valence electrons. The highest BCUT2D eigenvalue weighted by Gasteiger charge is 2.50. The third-order valence-corrected chi connectivity index (χ3v) is 4.02. The summed E-state index contributed by atoms with van der Waals surface area (Å²) in [5.41, 5.74) is 0.389. The molecule has 1 N–H and O–H groups in total. The molecule has 0 unspecified atom stereocenters. The lowest BCUT2D eigenvalue weighted by molar-refractivity contribution is -0.130. The average Bonchev–Trinajstić information content (AvgIpc) is 3.01. The van der Waals surface area contributed by atoms with Crippen LogP contribution in [0.3, 0.4) is 0 Å². The van der Waals surface area contributed by atoms with E-state index in [1.165, 1.54) is 0 Å². The van der Waals surface area contributed by atoms with E-state index in [-0.39, 0.29) is 5.91 Å². The lowest BCUT2D eigenvalue weighted by Crippen LogP contribution is -2.41. The minimum absolute atomic E-state index is 0.0272. The predicted molar refractivity (Wildman–Crippen MR) is 68.4 cm³/mol. The van der Waals surface area contributed by atoms with Gasteiger partial charge in [-0.25, -0.2) is 0 Å². The van der Waals surface area contributed by atoms with Gasteiger partial charge in [0.2, 0.25) is 5.91 Å². The van der Waals surface area contributed by atoms with Crippen LogP contribution in [0.1, 0.15) is 18.4 Å². The van der Waals surface area contributed by atoms with Gasteiger partial charge in [-0.1, -0.05) is 6.07 Å². The predicted octanol–water partition coefficient (Wildman–Crippen LogP) is 0.376. The van der Waals surface area contributed by atoms with Crippen LogP contribution >= 0.6 is 0 Å². The fraction of sp³-hybridized carbons (Fsp3) is 0.571. The Kier molecular flexibility index (Phi) is 3.24. The molecule has 3 rings (SSSR count). The molecule has 2 saturated heterocycles. The number of hydrogen-bond donors (Lipinski definition) is 1. The van der Waals surface area contributed by atoms with Gasteiger partial charge < -0.3 is 14.7 Å². The summed E-state index contributed by atoms with van der Waals surface area (Å²) in [6, 6.07) is 3.71. The van der Waals surface area contributed by atoms with E-state index in [2.05, 4.69) is 4.98 Å². The largest absolute Gasteiger partial charge is 0.388 e. The summed E-state index contributed by atoms with van der Waals surface area (Å²) in [6.07, 6.45) is 4.96. The van der Waals surface area contributed by atoms with E-state index < -0.39 is 11.7 Å². The van der Waals surface area contributed by atoms with Crippen LogP contribution in [0.4, 0.5) is 0 Å². The zero-order valence-corrected chi connectivity index (χ0v) is 10.8. The molecule has 5 heteroatoms. The second-order valence-electron chi connectivity index (χ2n) is 5.34. The molecule has 2 atom stereocenters. The van der Waals surface area contributed by atoms with Crippen LogP contribution in [-0.4, -0.2) is 52.3 Å². The maximum absolute atomic E-state index is 12.2. The smallest absolute Gasteiger partial charge is 0.227 e. The summed E-state index contributed by atoms with van der Waals surface area (Å²) in [4.78, 5) is 17.9. The Hall–Kier alpha value is -1.46. The summed E-state index contributed by atoms with van der Waals surface area (Å²) in [6.45, 7) is 1.56. The maximum atomic E-state index is 12.2. The molecule has 1 amide bonds. The Labute approximate surface area is 112 Å². The lowest BCUT2D eigenvalue weighted by Gasteiger charge is -2.25. The van der Waals surface area contributed by atoms with Gasteiger partial charge in [-0.3, -0.25) is 9.78 Å². The first-order valence-corrected chi connectivity index (χ1v) is 6.68. The minimum Gasteiger partial charge on any atom is -0.388 e. The summed E-state index contributed by atoms with van der Waals surface area (Å²) < 4.78 is 5.69. The Morgan fingerprint density at radius 2 is 2.53 bits per heavy atom. The second kappa shape index (κ2) is 4.90. The van der Waals surface area contributed by atoms with Crippen LogP contribution < -0.4 is 0 Å². The zero-order valence-electron chi connectivity index (χ0n) is 10.8. The van der Waals surface area contributed by atoms with Crippen LogP contribution in [-0.2, 0) is 16.0 Å². The number of rotatable bonds is 2. The third-order valence-electron chi connectivity index (χ3n) is 4.02. The number of aromatic nitrogens is 1. The average molecular weight is 262 g/mol. The molecule has 0 bridgehead atoms. The highest BCUT2D eigenvalue weighted by atomic mass is 16.5. The van der Waals surface area contributed by atoms with Crippen molar-refractivity contribution in [3.05, 3.63) is 30.1 Å². The van der Waals surface area contributed by atoms with Crippen molar-refractivity contribution in [2.24, 2.45) is 0 Å². The van der Waals surface area contributed by atoms with Gasteiger partial charge >= 0.3 is 0 Å². The molecule has 1 aromatic rings. The number of nitrogens with zero attached hydrogens (tertiary/aromatic N) is 2. The highest BCUT2D eigenvalue weighted by molar-refractivity contribution is 5.79. The van der Waals surface area contributed by atoms with E-state index in [0.717, 1.165) is 18.4 Å². The fourth-order valence-corrected chi connectivity index (χ4v) is 2.95. The van der Waals surface area contributed by atoms with Crippen molar-refractivity contribution in [3.8, 4) is 0 Å². The molecule has 2 aliphatic heterocycles. The van der Waals surface area contributed by atoms with E-state index in [0.29, 0.717) is 26.1 Å². The Morgan fingerprint density at radius 3 is 3.21 bits per heavy atom. The van der Waals surface area contributed by atoms with E-state index in [4.69, 9.17) is 4.74 Å². The zero-order chi connectivity index (χ0) is 13.3. The van der Waals surface area contributed by atoms with Crippen molar-refractivity contribution in [3.63, 3.8) is 0 Å². The van der Waals surface area contributed by atoms with Crippen molar-refractivity contribution in [2.45, 2.75) is 31.0 Å². The molecule has 5 nitrogen and oxygen atoms in total. The number of pyridine rings is 1. The highest BCUT2D eigenvalue weighted by Crippen LogP contribution is 2.35. The van der Waals surface area contributed by atoms with Gasteiger partial charge in [0.1, 0.15) is 11.7 Å². The number of likely N-dealkylation sites (tertiary alicyclic amines) is 1. The molecular formula is C14H18N2O3. The first kappa shape index (κ1) is 12.6. The minimum atomic E-state index is -0.562. The van der Waals surface area contributed by atoms with Crippen LogP contribution in [0.5, 0.6) is 0 Å². The monoisotopic (exact) mass is 262 g/mol. The van der Waals surface area contributed by atoms with E-state index in [9.17, 15) is 9.90 Å². The quantitative estimate of drug-likeness (QED) is 0.837.